The molecule has 1 saturated heterocycles. The van der Waals surface area contributed by atoms with E-state index in [0.717, 1.165) is 17.3 Å². The summed E-state index contributed by atoms with van der Waals surface area (Å²) in [5.74, 6) is 0.442. The fourth-order valence-corrected chi connectivity index (χ4v) is 2.60. The van der Waals surface area contributed by atoms with Crippen LogP contribution in [0.4, 0.5) is 0 Å². The van der Waals surface area contributed by atoms with E-state index in [1.165, 1.54) is 12.8 Å². The summed E-state index contributed by atoms with van der Waals surface area (Å²) in [7, 11) is 1.95. The Hall–Kier alpha value is -0.540. The third-order valence-electron chi connectivity index (χ3n) is 3.07. The quantitative estimate of drug-likeness (QED) is 0.814. The molecular formula is C10H16ClN3. The lowest BCUT2D eigenvalue weighted by Gasteiger charge is -2.20. The van der Waals surface area contributed by atoms with Gasteiger partial charge in [0, 0.05) is 19.0 Å². The van der Waals surface area contributed by atoms with Gasteiger partial charge >= 0.3 is 0 Å². The monoisotopic (exact) mass is 213 g/mol. The van der Waals surface area contributed by atoms with Crippen LogP contribution in [0.25, 0.3) is 0 Å². The molecule has 0 radical (unpaired) electrons. The van der Waals surface area contributed by atoms with Crippen LogP contribution in [-0.4, -0.2) is 22.4 Å². The molecule has 0 aromatic carbocycles. The second-order valence-electron chi connectivity index (χ2n) is 3.99. The maximum Gasteiger partial charge on any atom is 0.0821 e. The molecule has 78 valence electrons. The van der Waals surface area contributed by atoms with Gasteiger partial charge < -0.3 is 5.32 Å². The van der Waals surface area contributed by atoms with Crippen molar-refractivity contribution < 1.29 is 0 Å². The first-order valence-corrected chi connectivity index (χ1v) is 5.48. The Bertz CT molecular complexity index is 296. The summed E-state index contributed by atoms with van der Waals surface area (Å²) in [6, 6.07) is 0.558. The second kappa shape index (κ2) is 3.91. The molecular weight excluding hydrogens is 198 g/mol. The second-order valence-corrected chi connectivity index (χ2v) is 4.40. The minimum Gasteiger partial charge on any atom is -0.313 e. The molecule has 2 heterocycles. The van der Waals surface area contributed by atoms with Gasteiger partial charge in [-0.25, -0.2) is 0 Å². The van der Waals surface area contributed by atoms with Crippen molar-refractivity contribution in [3.05, 3.63) is 16.9 Å². The minimum absolute atomic E-state index is 0.442. The summed E-state index contributed by atoms with van der Waals surface area (Å²) in [5, 5.41) is 8.45. The zero-order valence-electron chi connectivity index (χ0n) is 8.63. The number of nitrogens with zero attached hydrogens (tertiary/aromatic N) is 2. The fourth-order valence-electron chi connectivity index (χ4n) is 2.26. The van der Waals surface area contributed by atoms with Crippen molar-refractivity contribution in [3.63, 3.8) is 0 Å². The molecule has 2 rings (SSSR count). The normalized spacial score (nSPS) is 24.1. The molecule has 1 N–H and O–H groups in total. The lowest BCUT2D eigenvalue weighted by molar-refractivity contribution is 0.489. The molecule has 0 aliphatic carbocycles. The van der Waals surface area contributed by atoms with Gasteiger partial charge in [0.05, 0.1) is 16.9 Å². The van der Waals surface area contributed by atoms with Crippen molar-refractivity contribution in [2.45, 2.75) is 31.7 Å². The van der Waals surface area contributed by atoms with Crippen LogP contribution in [0.3, 0.4) is 0 Å². The van der Waals surface area contributed by atoms with E-state index in [2.05, 4.69) is 17.3 Å². The summed E-state index contributed by atoms with van der Waals surface area (Å²) in [4.78, 5) is 0. The van der Waals surface area contributed by atoms with Gasteiger partial charge in [0.2, 0.25) is 0 Å². The van der Waals surface area contributed by atoms with Crippen molar-refractivity contribution in [3.8, 4) is 0 Å². The number of rotatable bonds is 2. The molecule has 1 aromatic rings. The molecule has 0 saturated carbocycles. The third-order valence-corrected chi connectivity index (χ3v) is 3.36. The van der Waals surface area contributed by atoms with Crippen LogP contribution in [0.15, 0.2) is 6.20 Å². The maximum absolute atomic E-state index is 6.11. The van der Waals surface area contributed by atoms with Crippen LogP contribution in [0, 0.1) is 0 Å². The fraction of sp³-hybridized carbons (Fsp3) is 0.700. The molecule has 4 heteroatoms. The molecule has 1 fully saturated rings. The van der Waals surface area contributed by atoms with Crippen molar-refractivity contribution >= 4 is 11.6 Å². The van der Waals surface area contributed by atoms with Gasteiger partial charge in [-0.2, -0.15) is 5.10 Å². The molecule has 14 heavy (non-hydrogen) atoms. The summed E-state index contributed by atoms with van der Waals surface area (Å²) < 4.78 is 1.88. The smallest absolute Gasteiger partial charge is 0.0821 e. The standard InChI is InChI=1S/C10H16ClN3/c1-7(9-4-3-5-12-9)10-8(11)6-13-14(10)2/h6-7,9,12H,3-5H2,1-2H3. The van der Waals surface area contributed by atoms with Crippen molar-refractivity contribution in [2.75, 3.05) is 6.54 Å². The third kappa shape index (κ3) is 1.66. The summed E-state index contributed by atoms with van der Waals surface area (Å²) in [6.45, 7) is 3.34. The molecule has 0 spiro atoms. The van der Waals surface area contributed by atoms with Gasteiger partial charge in [-0.3, -0.25) is 4.68 Å². The molecule has 2 atom stereocenters. The average molecular weight is 214 g/mol. The first kappa shape index (κ1) is 9.99. The van der Waals surface area contributed by atoms with Crippen LogP contribution in [0.1, 0.15) is 31.4 Å². The summed E-state index contributed by atoms with van der Waals surface area (Å²) in [6.07, 6.45) is 4.23. The predicted octanol–water partition coefficient (Wildman–Crippen LogP) is 1.93. The van der Waals surface area contributed by atoms with Gasteiger partial charge in [-0.1, -0.05) is 18.5 Å². The van der Waals surface area contributed by atoms with E-state index in [1.54, 1.807) is 6.20 Å². The highest BCUT2D eigenvalue weighted by Crippen LogP contribution is 2.29. The van der Waals surface area contributed by atoms with E-state index < -0.39 is 0 Å². The molecule has 0 amide bonds. The van der Waals surface area contributed by atoms with Crippen LogP contribution < -0.4 is 5.32 Å². The van der Waals surface area contributed by atoms with Crippen molar-refractivity contribution in [1.82, 2.24) is 15.1 Å². The van der Waals surface area contributed by atoms with Gasteiger partial charge in [-0.15, -0.1) is 0 Å². The first-order chi connectivity index (χ1) is 6.70. The SMILES string of the molecule is CC(c1c(Cl)cnn1C)C1CCCN1. The molecule has 2 unspecified atom stereocenters. The number of halogens is 1. The number of aryl methyl sites for hydroxylation is 1. The minimum atomic E-state index is 0.442. The molecule has 3 nitrogen and oxygen atoms in total. The van der Waals surface area contributed by atoms with Crippen LogP contribution in [0.5, 0.6) is 0 Å². The molecule has 0 bridgehead atoms. The van der Waals surface area contributed by atoms with Crippen LogP contribution in [0.2, 0.25) is 5.02 Å². The van der Waals surface area contributed by atoms with Gasteiger partial charge in [0.1, 0.15) is 0 Å². The Morgan fingerprint density at radius 2 is 2.50 bits per heavy atom. The summed E-state index contributed by atoms with van der Waals surface area (Å²) in [5.41, 5.74) is 1.14. The van der Waals surface area contributed by atoms with E-state index >= 15 is 0 Å². The Balaban J connectivity index is 2.21. The first-order valence-electron chi connectivity index (χ1n) is 5.11. The number of hydrogen-bond acceptors (Lipinski definition) is 2. The largest absolute Gasteiger partial charge is 0.313 e. The zero-order valence-corrected chi connectivity index (χ0v) is 9.38. The molecule has 1 aliphatic heterocycles. The lowest BCUT2D eigenvalue weighted by Crippen LogP contribution is -2.28. The highest BCUT2D eigenvalue weighted by molar-refractivity contribution is 6.31. The van der Waals surface area contributed by atoms with E-state index in [4.69, 9.17) is 11.6 Å². The topological polar surface area (TPSA) is 29.9 Å². The van der Waals surface area contributed by atoms with Gasteiger partial charge in [-0.05, 0) is 19.4 Å². The maximum atomic E-state index is 6.11. The lowest BCUT2D eigenvalue weighted by atomic mass is 9.97. The van der Waals surface area contributed by atoms with E-state index in [0.29, 0.717) is 12.0 Å². The number of hydrogen-bond donors (Lipinski definition) is 1. The van der Waals surface area contributed by atoms with Crippen LogP contribution >= 0.6 is 11.6 Å². The van der Waals surface area contributed by atoms with E-state index in [9.17, 15) is 0 Å². The summed E-state index contributed by atoms with van der Waals surface area (Å²) >= 11 is 6.11. The Kier molecular flexibility index (Phi) is 2.79. The Morgan fingerprint density at radius 3 is 3.00 bits per heavy atom. The van der Waals surface area contributed by atoms with E-state index in [1.807, 2.05) is 11.7 Å². The Labute approximate surface area is 89.4 Å². The number of nitrogens with one attached hydrogen (secondary N) is 1. The molecule has 1 aromatic heterocycles. The predicted molar refractivity (Wildman–Crippen MR) is 57.7 cm³/mol. The van der Waals surface area contributed by atoms with Crippen molar-refractivity contribution in [1.29, 1.82) is 0 Å². The van der Waals surface area contributed by atoms with Gasteiger partial charge in [0.15, 0.2) is 0 Å². The zero-order chi connectivity index (χ0) is 10.1. The van der Waals surface area contributed by atoms with E-state index in [-0.39, 0.29) is 0 Å². The average Bonchev–Trinajstić information content (AvgIpc) is 2.75. The molecule has 1 aliphatic rings. The van der Waals surface area contributed by atoms with Gasteiger partial charge in [0.25, 0.3) is 0 Å². The van der Waals surface area contributed by atoms with Crippen molar-refractivity contribution in [2.24, 2.45) is 7.05 Å². The number of aromatic nitrogens is 2. The Morgan fingerprint density at radius 1 is 1.71 bits per heavy atom. The highest BCUT2D eigenvalue weighted by Gasteiger charge is 2.25. The highest BCUT2D eigenvalue weighted by atomic mass is 35.5. The van der Waals surface area contributed by atoms with Crippen LogP contribution in [-0.2, 0) is 7.05 Å².